The molecule has 8 heteroatoms. The molecule has 0 aliphatic rings. The maximum absolute atomic E-state index is 10.7. The minimum absolute atomic E-state index is 0.0557. The van der Waals surface area contributed by atoms with Crippen LogP contribution in [-0.2, 0) is 11.3 Å². The van der Waals surface area contributed by atoms with Gasteiger partial charge in [-0.2, -0.15) is 0 Å². The van der Waals surface area contributed by atoms with E-state index in [4.69, 9.17) is 5.11 Å². The molecule has 2 heterocycles. The van der Waals surface area contributed by atoms with Crippen LogP contribution in [0.3, 0.4) is 0 Å². The topological polar surface area (TPSA) is 93.8 Å². The highest BCUT2D eigenvalue weighted by molar-refractivity contribution is 9.10. The first-order chi connectivity index (χ1) is 9.06. The quantitative estimate of drug-likeness (QED) is 0.897. The number of aromatic nitrogens is 5. The summed E-state index contributed by atoms with van der Waals surface area (Å²) < 4.78 is 2.43. The maximum atomic E-state index is 10.7. The van der Waals surface area contributed by atoms with Crippen LogP contribution in [0.2, 0.25) is 0 Å². The molecule has 1 N–H and O–H groups in total. The van der Waals surface area contributed by atoms with E-state index in [1.807, 2.05) is 13.0 Å². The number of aliphatic carboxylic acids is 1. The monoisotopic (exact) mass is 325 g/mol. The zero-order valence-corrected chi connectivity index (χ0v) is 11.8. The van der Waals surface area contributed by atoms with Gasteiger partial charge in [0.1, 0.15) is 0 Å². The Bertz CT molecular complexity index is 586. The van der Waals surface area contributed by atoms with Crippen molar-refractivity contribution in [3.63, 3.8) is 0 Å². The Labute approximate surface area is 117 Å². The third kappa shape index (κ3) is 3.57. The summed E-state index contributed by atoms with van der Waals surface area (Å²) in [6, 6.07) is 1.86. The summed E-state index contributed by atoms with van der Waals surface area (Å²) >= 11 is 3.34. The van der Waals surface area contributed by atoms with Crippen LogP contribution in [0.4, 0.5) is 0 Å². The van der Waals surface area contributed by atoms with Crippen LogP contribution in [-0.4, -0.2) is 36.3 Å². The molecule has 1 unspecified atom stereocenters. The van der Waals surface area contributed by atoms with Crippen LogP contribution in [0.25, 0.3) is 11.4 Å². The van der Waals surface area contributed by atoms with Crippen LogP contribution < -0.4 is 0 Å². The van der Waals surface area contributed by atoms with E-state index in [0.717, 1.165) is 10.0 Å². The number of hydrogen-bond donors (Lipinski definition) is 1. The molecular weight excluding hydrogens is 314 g/mol. The van der Waals surface area contributed by atoms with E-state index in [1.54, 1.807) is 17.1 Å². The van der Waals surface area contributed by atoms with Gasteiger partial charge in [0.15, 0.2) is 5.82 Å². The molecule has 0 aromatic carbocycles. The summed E-state index contributed by atoms with van der Waals surface area (Å²) in [6.45, 7) is 2.29. The van der Waals surface area contributed by atoms with Gasteiger partial charge in [-0.1, -0.05) is 6.92 Å². The highest BCUT2D eigenvalue weighted by Gasteiger charge is 2.14. The molecule has 2 aromatic heterocycles. The lowest BCUT2D eigenvalue weighted by Gasteiger charge is -2.09. The molecule has 100 valence electrons. The minimum atomic E-state index is -0.828. The Morgan fingerprint density at radius 1 is 1.53 bits per heavy atom. The fourth-order valence-corrected chi connectivity index (χ4v) is 2.09. The summed E-state index contributed by atoms with van der Waals surface area (Å²) in [4.78, 5) is 14.7. The standard InChI is InChI=1S/C11H12BrN5O2/c1-7(2-10(18)19)6-17-11(14-15-16-17)8-3-9(12)5-13-4-8/h3-5,7H,2,6H2,1H3,(H,18,19). The van der Waals surface area contributed by atoms with Crippen molar-refractivity contribution in [2.24, 2.45) is 5.92 Å². The number of carboxylic acid groups (broad SMARTS) is 1. The second-order valence-corrected chi connectivity index (χ2v) is 5.20. The van der Waals surface area contributed by atoms with Gasteiger partial charge in [0.05, 0.1) is 0 Å². The molecule has 2 aromatic rings. The van der Waals surface area contributed by atoms with Gasteiger partial charge >= 0.3 is 5.97 Å². The first kappa shape index (κ1) is 13.6. The van der Waals surface area contributed by atoms with Crippen LogP contribution in [0.1, 0.15) is 13.3 Å². The summed E-state index contributed by atoms with van der Waals surface area (Å²) in [5.74, 6) is -0.308. The summed E-state index contributed by atoms with van der Waals surface area (Å²) in [5.41, 5.74) is 0.780. The van der Waals surface area contributed by atoms with E-state index in [2.05, 4.69) is 36.4 Å². The molecule has 19 heavy (non-hydrogen) atoms. The average molecular weight is 326 g/mol. The summed E-state index contributed by atoms with van der Waals surface area (Å²) in [5, 5.41) is 20.2. The molecule has 0 bridgehead atoms. The van der Waals surface area contributed by atoms with E-state index in [9.17, 15) is 4.79 Å². The van der Waals surface area contributed by atoms with Crippen molar-refractivity contribution in [2.45, 2.75) is 19.9 Å². The molecular formula is C11H12BrN5O2. The van der Waals surface area contributed by atoms with Crippen molar-refractivity contribution < 1.29 is 9.90 Å². The van der Waals surface area contributed by atoms with Gasteiger partial charge in [0.2, 0.25) is 0 Å². The minimum Gasteiger partial charge on any atom is -0.481 e. The van der Waals surface area contributed by atoms with Crippen molar-refractivity contribution >= 4 is 21.9 Å². The van der Waals surface area contributed by atoms with Crippen LogP contribution in [0.15, 0.2) is 22.9 Å². The van der Waals surface area contributed by atoms with Gasteiger partial charge in [-0.25, -0.2) is 4.68 Å². The number of pyridine rings is 1. The SMILES string of the molecule is CC(CC(=O)O)Cn1nnnc1-c1cncc(Br)c1. The summed E-state index contributed by atoms with van der Waals surface area (Å²) in [6.07, 6.45) is 3.41. The average Bonchev–Trinajstić information content (AvgIpc) is 2.75. The van der Waals surface area contributed by atoms with E-state index in [-0.39, 0.29) is 12.3 Å². The van der Waals surface area contributed by atoms with E-state index >= 15 is 0 Å². The molecule has 0 aliphatic heterocycles. The van der Waals surface area contributed by atoms with Crippen molar-refractivity contribution in [3.8, 4) is 11.4 Å². The maximum Gasteiger partial charge on any atom is 0.303 e. The van der Waals surface area contributed by atoms with Crippen LogP contribution >= 0.6 is 15.9 Å². The van der Waals surface area contributed by atoms with Gasteiger partial charge in [-0.3, -0.25) is 9.78 Å². The third-order valence-corrected chi connectivity index (χ3v) is 2.94. The number of carbonyl (C=O) groups is 1. The van der Waals surface area contributed by atoms with Crippen molar-refractivity contribution in [2.75, 3.05) is 0 Å². The fraction of sp³-hybridized carbons (Fsp3) is 0.364. The first-order valence-electron chi connectivity index (χ1n) is 5.65. The molecule has 0 saturated heterocycles. The second kappa shape index (κ2) is 5.87. The number of rotatable bonds is 5. The Kier molecular flexibility index (Phi) is 4.20. The van der Waals surface area contributed by atoms with Crippen molar-refractivity contribution in [3.05, 3.63) is 22.9 Å². The molecule has 0 amide bonds. The smallest absolute Gasteiger partial charge is 0.303 e. The lowest BCUT2D eigenvalue weighted by Crippen LogP contribution is -2.14. The molecule has 0 radical (unpaired) electrons. The van der Waals surface area contributed by atoms with Gasteiger partial charge in [-0.05, 0) is 38.3 Å². The van der Waals surface area contributed by atoms with Crippen molar-refractivity contribution in [1.82, 2.24) is 25.2 Å². The normalized spacial score (nSPS) is 12.3. The van der Waals surface area contributed by atoms with E-state index < -0.39 is 5.97 Å². The molecule has 0 spiro atoms. The van der Waals surface area contributed by atoms with Crippen molar-refractivity contribution in [1.29, 1.82) is 0 Å². The molecule has 1 atom stereocenters. The lowest BCUT2D eigenvalue weighted by molar-refractivity contribution is -0.138. The molecule has 7 nitrogen and oxygen atoms in total. The zero-order chi connectivity index (χ0) is 13.8. The first-order valence-corrected chi connectivity index (χ1v) is 6.44. The molecule has 0 fully saturated rings. The predicted molar refractivity (Wildman–Crippen MR) is 70.2 cm³/mol. The number of halogens is 1. The Hall–Kier alpha value is -1.83. The van der Waals surface area contributed by atoms with Gasteiger partial charge in [0.25, 0.3) is 0 Å². The molecule has 2 rings (SSSR count). The number of nitrogens with zero attached hydrogens (tertiary/aromatic N) is 5. The number of carboxylic acids is 1. The predicted octanol–water partition coefficient (Wildman–Crippen LogP) is 1.61. The molecule has 0 aliphatic carbocycles. The third-order valence-electron chi connectivity index (χ3n) is 2.50. The van der Waals surface area contributed by atoms with Gasteiger partial charge < -0.3 is 5.11 Å². The van der Waals surface area contributed by atoms with E-state index in [0.29, 0.717) is 12.4 Å². The van der Waals surface area contributed by atoms with Crippen LogP contribution in [0.5, 0.6) is 0 Å². The van der Waals surface area contributed by atoms with Gasteiger partial charge in [-0.15, -0.1) is 5.10 Å². The Balaban J connectivity index is 2.20. The molecule has 0 saturated carbocycles. The highest BCUT2D eigenvalue weighted by atomic mass is 79.9. The highest BCUT2D eigenvalue weighted by Crippen LogP contribution is 2.20. The Morgan fingerprint density at radius 3 is 3.00 bits per heavy atom. The summed E-state index contributed by atoms with van der Waals surface area (Å²) in [7, 11) is 0. The second-order valence-electron chi connectivity index (χ2n) is 4.28. The number of tetrazole rings is 1. The largest absolute Gasteiger partial charge is 0.481 e. The Morgan fingerprint density at radius 2 is 2.32 bits per heavy atom. The number of hydrogen-bond acceptors (Lipinski definition) is 5. The lowest BCUT2D eigenvalue weighted by atomic mass is 10.1. The van der Waals surface area contributed by atoms with Gasteiger partial charge in [0, 0.05) is 35.4 Å². The van der Waals surface area contributed by atoms with Crippen LogP contribution in [0, 0.1) is 5.92 Å². The van der Waals surface area contributed by atoms with E-state index in [1.165, 1.54) is 0 Å². The fourth-order valence-electron chi connectivity index (χ4n) is 1.73. The zero-order valence-electron chi connectivity index (χ0n) is 10.2.